The third-order valence-corrected chi connectivity index (χ3v) is 9.57. The third-order valence-electron chi connectivity index (χ3n) is 8.98. The van der Waals surface area contributed by atoms with Crippen LogP contribution in [0.4, 0.5) is 24.5 Å². The number of halogens is 3. The molecule has 0 saturated carbocycles. The fourth-order valence-electron chi connectivity index (χ4n) is 6.12. The molecule has 1 heterocycles. The summed E-state index contributed by atoms with van der Waals surface area (Å²) >= 11 is 0. The topological polar surface area (TPSA) is 156 Å². The molecule has 4 aromatic carbocycles. The first-order chi connectivity index (χ1) is 28.3. The van der Waals surface area contributed by atoms with E-state index in [9.17, 15) is 26.4 Å². The van der Waals surface area contributed by atoms with E-state index in [0.29, 0.717) is 60.0 Å². The van der Waals surface area contributed by atoms with Gasteiger partial charge in [0.25, 0.3) is 5.91 Å². The van der Waals surface area contributed by atoms with E-state index in [1.807, 2.05) is 52.0 Å². The number of sulfonamides is 1. The molecule has 322 valence electrons. The highest BCUT2D eigenvalue weighted by Gasteiger charge is 2.31. The van der Waals surface area contributed by atoms with Crippen molar-refractivity contribution >= 4 is 38.2 Å². The average Bonchev–Trinajstić information content (AvgIpc) is 3.15. The molecule has 0 radical (unpaired) electrons. The highest BCUT2D eigenvalue weighted by atomic mass is 32.2. The van der Waals surface area contributed by atoms with Gasteiger partial charge < -0.3 is 33.7 Å². The summed E-state index contributed by atoms with van der Waals surface area (Å²) in [6.45, 7) is 9.70. The predicted molar refractivity (Wildman–Crippen MR) is 223 cm³/mol. The summed E-state index contributed by atoms with van der Waals surface area (Å²) in [7, 11) is -0.692. The Bertz CT molecular complexity index is 2400. The number of carbonyl (C=O) groups excluding carboxylic acids is 1. The van der Waals surface area contributed by atoms with E-state index < -0.39 is 28.0 Å². The SMILES string of the molecule is COCCOCCOCCOc1cc(Cc2ncc3cc(-c4cc(C(=O)Nc5cc(C(C)(C)C)cc(NS(C)(=O)=O)c5OC)ccc4C)ccc3n2)cc(OC(F)(F)F)c1. The number of aryl methyl sites for hydroxylation is 1. The number of anilines is 2. The molecule has 0 saturated heterocycles. The number of hydrogen-bond acceptors (Lipinski definition) is 11. The van der Waals surface area contributed by atoms with Crippen LogP contribution in [0.5, 0.6) is 17.2 Å². The molecule has 0 atom stereocenters. The minimum atomic E-state index is -4.91. The smallest absolute Gasteiger partial charge is 0.492 e. The fraction of sp³-hybridized carbons (Fsp3) is 0.372. The number of methoxy groups -OCH3 is 2. The molecule has 0 aliphatic rings. The van der Waals surface area contributed by atoms with Crippen LogP contribution in [0.2, 0.25) is 0 Å². The van der Waals surface area contributed by atoms with Gasteiger partial charge in [0.05, 0.1) is 63.3 Å². The number of amides is 1. The van der Waals surface area contributed by atoms with Crippen molar-refractivity contribution in [2.75, 3.05) is 70.2 Å². The summed E-state index contributed by atoms with van der Waals surface area (Å²) < 4.78 is 97.7. The maximum absolute atomic E-state index is 13.8. The summed E-state index contributed by atoms with van der Waals surface area (Å²) in [5, 5.41) is 3.61. The Labute approximate surface area is 347 Å². The number of ether oxygens (including phenoxy) is 6. The standard InChI is InChI=1S/C43H49F3N4O9S/c1-27-8-9-30(41(51)49-37-23-32(42(2,3)4)24-38(40(37)55-6)50-60(7,52)53)22-35(27)29-10-11-36-31(21-29)26-47-39(48-36)20-28-18-33(25-34(19-28)59-43(44,45)46)58-17-16-57-15-14-56-13-12-54-5/h8-11,18-19,21-26,50H,12-17,20H2,1-7H3,(H,49,51). The van der Waals surface area contributed by atoms with E-state index in [1.165, 1.54) is 13.2 Å². The molecule has 0 aliphatic heterocycles. The minimum Gasteiger partial charge on any atom is -0.492 e. The lowest BCUT2D eigenvalue weighted by molar-refractivity contribution is -0.274. The molecule has 0 unspecified atom stereocenters. The second kappa shape index (κ2) is 19.7. The van der Waals surface area contributed by atoms with Crippen molar-refractivity contribution in [1.82, 2.24) is 9.97 Å². The largest absolute Gasteiger partial charge is 0.573 e. The molecule has 0 spiro atoms. The number of nitrogens with zero attached hydrogens (tertiary/aromatic N) is 2. The highest BCUT2D eigenvalue weighted by molar-refractivity contribution is 7.92. The van der Waals surface area contributed by atoms with Crippen molar-refractivity contribution in [3.05, 3.63) is 101 Å². The molecular weight excluding hydrogens is 806 g/mol. The molecule has 1 aromatic heterocycles. The lowest BCUT2D eigenvalue weighted by atomic mass is 9.86. The first-order valence-corrected chi connectivity index (χ1v) is 20.8. The summed E-state index contributed by atoms with van der Waals surface area (Å²) in [6.07, 6.45) is -2.15. The quantitative estimate of drug-likeness (QED) is 0.0775. The molecular formula is C43H49F3N4O9S. The number of aromatic nitrogens is 2. The molecule has 1 amide bonds. The van der Waals surface area contributed by atoms with Gasteiger partial charge in [-0.1, -0.05) is 32.9 Å². The van der Waals surface area contributed by atoms with Gasteiger partial charge in [-0.15, -0.1) is 13.2 Å². The molecule has 13 nitrogen and oxygen atoms in total. The van der Waals surface area contributed by atoms with Crippen molar-refractivity contribution in [3.8, 4) is 28.4 Å². The Morgan fingerprint density at radius 2 is 1.50 bits per heavy atom. The van der Waals surface area contributed by atoms with Crippen LogP contribution in [0, 0.1) is 6.92 Å². The van der Waals surface area contributed by atoms with Gasteiger partial charge in [-0.2, -0.15) is 0 Å². The molecule has 0 fully saturated rings. The van der Waals surface area contributed by atoms with Gasteiger partial charge in [-0.05, 0) is 88.7 Å². The summed E-state index contributed by atoms with van der Waals surface area (Å²) in [6, 6.07) is 18.3. The number of carbonyl (C=O) groups is 1. The molecule has 0 bridgehead atoms. The Balaban J connectivity index is 1.33. The number of alkyl halides is 3. The molecule has 60 heavy (non-hydrogen) atoms. The lowest BCUT2D eigenvalue weighted by Crippen LogP contribution is -2.18. The van der Waals surface area contributed by atoms with Crippen LogP contribution >= 0.6 is 0 Å². The number of benzene rings is 4. The van der Waals surface area contributed by atoms with Crippen LogP contribution in [0.1, 0.15) is 53.6 Å². The van der Waals surface area contributed by atoms with Crippen LogP contribution < -0.4 is 24.2 Å². The van der Waals surface area contributed by atoms with E-state index in [1.54, 1.807) is 43.6 Å². The second-order valence-corrected chi connectivity index (χ2v) is 16.6. The Kier molecular flexibility index (Phi) is 15.0. The van der Waals surface area contributed by atoms with E-state index in [2.05, 4.69) is 24.7 Å². The summed E-state index contributed by atoms with van der Waals surface area (Å²) in [5.74, 6) is -0.194. The van der Waals surface area contributed by atoms with Crippen molar-refractivity contribution in [3.63, 3.8) is 0 Å². The highest BCUT2D eigenvalue weighted by Crippen LogP contribution is 2.40. The first-order valence-electron chi connectivity index (χ1n) is 18.9. The number of nitrogens with one attached hydrogen (secondary N) is 2. The van der Waals surface area contributed by atoms with Crippen LogP contribution in [-0.2, 0) is 36.1 Å². The zero-order valence-electron chi connectivity index (χ0n) is 34.5. The summed E-state index contributed by atoms with van der Waals surface area (Å²) in [5.41, 5.74) is 4.73. The van der Waals surface area contributed by atoms with E-state index in [4.69, 9.17) is 23.7 Å². The second-order valence-electron chi connectivity index (χ2n) is 14.9. The zero-order chi connectivity index (χ0) is 43.7. The number of fused-ring (bicyclic) bond motifs is 1. The van der Waals surface area contributed by atoms with Crippen molar-refractivity contribution in [2.45, 2.75) is 45.9 Å². The van der Waals surface area contributed by atoms with Crippen molar-refractivity contribution < 1.29 is 54.8 Å². The van der Waals surface area contributed by atoms with Crippen molar-refractivity contribution in [1.29, 1.82) is 0 Å². The van der Waals surface area contributed by atoms with Crippen LogP contribution in [-0.4, -0.2) is 90.8 Å². The number of rotatable bonds is 19. The van der Waals surface area contributed by atoms with Gasteiger partial charge in [-0.3, -0.25) is 9.52 Å². The summed E-state index contributed by atoms with van der Waals surface area (Å²) in [4.78, 5) is 22.9. The third kappa shape index (κ3) is 13.3. The van der Waals surface area contributed by atoms with E-state index >= 15 is 0 Å². The van der Waals surface area contributed by atoms with Crippen molar-refractivity contribution in [2.24, 2.45) is 0 Å². The van der Waals surface area contributed by atoms with Gasteiger partial charge in [0.15, 0.2) is 5.75 Å². The van der Waals surface area contributed by atoms with Gasteiger partial charge in [0.1, 0.15) is 23.9 Å². The van der Waals surface area contributed by atoms with E-state index in [0.717, 1.165) is 34.6 Å². The molecule has 0 aliphatic carbocycles. The predicted octanol–water partition coefficient (Wildman–Crippen LogP) is 8.08. The normalized spacial score (nSPS) is 12.0. The minimum absolute atomic E-state index is 0.0841. The Hall–Kier alpha value is -5.49. The average molecular weight is 855 g/mol. The van der Waals surface area contributed by atoms with Gasteiger partial charge >= 0.3 is 6.36 Å². The Morgan fingerprint density at radius 1 is 0.817 bits per heavy atom. The fourth-order valence-corrected chi connectivity index (χ4v) is 6.67. The van der Waals surface area contributed by atoms with E-state index in [-0.39, 0.29) is 42.2 Å². The number of hydrogen-bond donors (Lipinski definition) is 2. The van der Waals surface area contributed by atoms with Gasteiger partial charge in [0, 0.05) is 36.7 Å². The molecule has 5 aromatic rings. The van der Waals surface area contributed by atoms with Crippen LogP contribution in [0.3, 0.4) is 0 Å². The van der Waals surface area contributed by atoms with Crippen LogP contribution in [0.15, 0.2) is 72.9 Å². The first kappa shape index (κ1) is 45.6. The van der Waals surface area contributed by atoms with Gasteiger partial charge in [0.2, 0.25) is 10.0 Å². The molecule has 2 N–H and O–H groups in total. The molecule has 5 rings (SSSR count). The zero-order valence-corrected chi connectivity index (χ0v) is 35.3. The Morgan fingerprint density at radius 3 is 2.17 bits per heavy atom. The molecule has 17 heteroatoms. The maximum Gasteiger partial charge on any atom is 0.573 e. The maximum atomic E-state index is 13.8. The van der Waals surface area contributed by atoms with Crippen LogP contribution in [0.25, 0.3) is 22.0 Å². The van der Waals surface area contributed by atoms with Gasteiger partial charge in [-0.25, -0.2) is 18.4 Å². The lowest BCUT2D eigenvalue weighted by Gasteiger charge is -2.24. The monoisotopic (exact) mass is 854 g/mol.